The van der Waals surface area contributed by atoms with Crippen LogP contribution in [0.15, 0.2) is 36.4 Å². The van der Waals surface area contributed by atoms with Crippen molar-refractivity contribution in [3.63, 3.8) is 0 Å². The highest BCUT2D eigenvalue weighted by Crippen LogP contribution is 2.45. The van der Waals surface area contributed by atoms with Crippen molar-refractivity contribution in [2.45, 2.75) is 12.8 Å². The second-order valence-corrected chi connectivity index (χ2v) is 6.12. The molecule has 2 bridgehead atoms. The van der Waals surface area contributed by atoms with E-state index in [1.807, 2.05) is 12.2 Å². The number of hydrogen-bond acceptors (Lipinski definition) is 2. The van der Waals surface area contributed by atoms with Gasteiger partial charge in [-0.1, -0.05) is 29.8 Å². The lowest BCUT2D eigenvalue weighted by atomic mass is 9.62. The van der Waals surface area contributed by atoms with Gasteiger partial charge in [-0.05, 0) is 42.9 Å². The van der Waals surface area contributed by atoms with Gasteiger partial charge in [-0.3, -0.25) is 9.59 Å². The minimum atomic E-state index is -0.889. The zero-order valence-corrected chi connectivity index (χ0v) is 12.1. The number of hydrogen-bond donors (Lipinski definition) is 2. The smallest absolute Gasteiger partial charge is 0.307 e. The predicted molar refractivity (Wildman–Crippen MR) is 80.1 cm³/mol. The first-order chi connectivity index (χ1) is 10.1. The summed E-state index contributed by atoms with van der Waals surface area (Å²) in [6.07, 6.45) is 5.67. The third-order valence-corrected chi connectivity index (χ3v) is 4.66. The van der Waals surface area contributed by atoms with Crippen molar-refractivity contribution in [3.8, 4) is 0 Å². The van der Waals surface area contributed by atoms with Crippen LogP contribution in [0.1, 0.15) is 12.8 Å². The monoisotopic (exact) mass is 305 g/mol. The van der Waals surface area contributed by atoms with Crippen LogP contribution in [0.3, 0.4) is 0 Å². The maximum absolute atomic E-state index is 12.5. The maximum Gasteiger partial charge on any atom is 0.307 e. The van der Waals surface area contributed by atoms with Gasteiger partial charge in [-0.25, -0.2) is 0 Å². The Kier molecular flexibility index (Phi) is 3.72. The molecule has 1 amide bonds. The number of amides is 1. The summed E-state index contributed by atoms with van der Waals surface area (Å²) in [5, 5.41) is 12.8. The van der Waals surface area contributed by atoms with E-state index in [-0.39, 0.29) is 17.7 Å². The first-order valence-electron chi connectivity index (χ1n) is 7.04. The molecule has 21 heavy (non-hydrogen) atoms. The summed E-state index contributed by atoms with van der Waals surface area (Å²) in [4.78, 5) is 24.1. The first-order valence-corrected chi connectivity index (χ1v) is 7.41. The molecule has 0 saturated heterocycles. The Labute approximate surface area is 127 Å². The minimum Gasteiger partial charge on any atom is -0.481 e. The van der Waals surface area contributed by atoms with Crippen LogP contribution >= 0.6 is 11.6 Å². The van der Waals surface area contributed by atoms with Gasteiger partial charge in [0.1, 0.15) is 0 Å². The number of fused-ring (bicyclic) bond motifs is 2. The molecular weight excluding hydrogens is 290 g/mol. The Balaban J connectivity index is 1.83. The third kappa shape index (κ3) is 2.68. The van der Waals surface area contributed by atoms with Crippen LogP contribution in [-0.4, -0.2) is 17.0 Å². The van der Waals surface area contributed by atoms with Crippen LogP contribution in [-0.2, 0) is 9.59 Å². The molecule has 3 aliphatic carbocycles. The van der Waals surface area contributed by atoms with Crippen LogP contribution in [0.5, 0.6) is 0 Å². The fourth-order valence-corrected chi connectivity index (χ4v) is 3.67. The van der Waals surface area contributed by atoms with Gasteiger partial charge in [0, 0.05) is 10.7 Å². The van der Waals surface area contributed by atoms with Gasteiger partial charge >= 0.3 is 5.97 Å². The van der Waals surface area contributed by atoms with Crippen LogP contribution in [0.4, 0.5) is 5.69 Å². The van der Waals surface area contributed by atoms with Gasteiger partial charge < -0.3 is 10.4 Å². The van der Waals surface area contributed by atoms with E-state index < -0.39 is 17.8 Å². The summed E-state index contributed by atoms with van der Waals surface area (Å²) < 4.78 is 0. The number of benzene rings is 1. The number of carboxylic acid groups (broad SMARTS) is 1. The highest BCUT2D eigenvalue weighted by molar-refractivity contribution is 6.30. The van der Waals surface area contributed by atoms with Crippen LogP contribution in [0.2, 0.25) is 5.02 Å². The average molecular weight is 306 g/mol. The lowest BCUT2D eigenvalue weighted by molar-refractivity contribution is -0.151. The van der Waals surface area contributed by atoms with Crippen molar-refractivity contribution in [2.75, 3.05) is 5.32 Å². The molecule has 1 saturated carbocycles. The summed E-state index contributed by atoms with van der Waals surface area (Å²) in [5.74, 6) is -2.29. The van der Waals surface area contributed by atoms with E-state index >= 15 is 0 Å². The number of rotatable bonds is 3. The Bertz CT molecular complexity index is 613. The van der Waals surface area contributed by atoms with Gasteiger partial charge in [-0.2, -0.15) is 0 Å². The molecular formula is C16H16ClNO3. The molecule has 0 radical (unpaired) electrons. The third-order valence-electron chi connectivity index (χ3n) is 4.43. The highest BCUT2D eigenvalue weighted by Gasteiger charge is 2.48. The fraction of sp³-hybridized carbons (Fsp3) is 0.375. The Morgan fingerprint density at radius 3 is 2.38 bits per heavy atom. The normalized spacial score (nSPS) is 30.1. The Hall–Kier alpha value is -1.81. The molecule has 3 aliphatic rings. The second-order valence-electron chi connectivity index (χ2n) is 5.68. The molecule has 1 aromatic carbocycles. The van der Waals surface area contributed by atoms with E-state index in [4.69, 9.17) is 11.6 Å². The van der Waals surface area contributed by atoms with E-state index in [2.05, 4.69) is 5.32 Å². The van der Waals surface area contributed by atoms with Crippen molar-refractivity contribution in [3.05, 3.63) is 41.4 Å². The highest BCUT2D eigenvalue weighted by atomic mass is 35.5. The average Bonchev–Trinajstić information content (AvgIpc) is 2.47. The van der Waals surface area contributed by atoms with Gasteiger partial charge in [0.25, 0.3) is 0 Å². The lowest BCUT2D eigenvalue weighted by Crippen LogP contribution is -2.47. The summed E-state index contributed by atoms with van der Waals surface area (Å²) in [5.41, 5.74) is 0.599. The molecule has 0 heterocycles. The van der Waals surface area contributed by atoms with Crippen molar-refractivity contribution in [1.29, 1.82) is 0 Å². The fourth-order valence-electron chi connectivity index (χ4n) is 3.48. The van der Waals surface area contributed by atoms with Crippen LogP contribution in [0.25, 0.3) is 0 Å². The minimum absolute atomic E-state index is 0.00952. The van der Waals surface area contributed by atoms with Crippen LogP contribution in [0, 0.1) is 23.7 Å². The number of aliphatic carboxylic acids is 1. The number of carbonyl (C=O) groups excluding carboxylic acids is 1. The second kappa shape index (κ2) is 5.53. The topological polar surface area (TPSA) is 66.4 Å². The molecule has 5 heteroatoms. The lowest BCUT2D eigenvalue weighted by Gasteiger charge is -2.41. The zero-order chi connectivity index (χ0) is 15.0. The molecule has 1 fully saturated rings. The summed E-state index contributed by atoms with van der Waals surface area (Å²) in [7, 11) is 0. The Morgan fingerprint density at radius 2 is 1.81 bits per heavy atom. The molecule has 4 nitrogen and oxygen atoms in total. The van der Waals surface area contributed by atoms with E-state index in [0.29, 0.717) is 10.7 Å². The molecule has 4 atom stereocenters. The van der Waals surface area contributed by atoms with Gasteiger partial charge in [0.05, 0.1) is 11.8 Å². The largest absolute Gasteiger partial charge is 0.481 e. The van der Waals surface area contributed by atoms with E-state index in [1.165, 1.54) is 0 Å². The van der Waals surface area contributed by atoms with E-state index in [9.17, 15) is 14.7 Å². The Morgan fingerprint density at radius 1 is 1.14 bits per heavy atom. The summed E-state index contributed by atoms with van der Waals surface area (Å²) in [6, 6.07) is 6.88. The van der Waals surface area contributed by atoms with Gasteiger partial charge in [0.2, 0.25) is 5.91 Å². The quantitative estimate of drug-likeness (QED) is 0.843. The van der Waals surface area contributed by atoms with E-state index in [0.717, 1.165) is 12.8 Å². The first kappa shape index (κ1) is 14.1. The molecule has 110 valence electrons. The van der Waals surface area contributed by atoms with Crippen molar-refractivity contribution < 1.29 is 14.7 Å². The van der Waals surface area contributed by atoms with Crippen LogP contribution < -0.4 is 5.32 Å². The zero-order valence-electron chi connectivity index (χ0n) is 11.3. The SMILES string of the molecule is O=C(O)C1C2C=CC(CC2)C1C(=O)Nc1cccc(Cl)c1. The number of halogens is 1. The molecule has 0 aliphatic heterocycles. The number of allylic oxidation sites excluding steroid dienone is 2. The van der Waals surface area contributed by atoms with E-state index in [1.54, 1.807) is 24.3 Å². The van der Waals surface area contributed by atoms with Crippen molar-refractivity contribution >= 4 is 29.2 Å². The number of nitrogens with one attached hydrogen (secondary N) is 1. The molecule has 1 aromatic rings. The summed E-state index contributed by atoms with van der Waals surface area (Å²) >= 11 is 5.90. The summed E-state index contributed by atoms with van der Waals surface area (Å²) in [6.45, 7) is 0. The van der Waals surface area contributed by atoms with Crippen molar-refractivity contribution in [1.82, 2.24) is 0 Å². The molecule has 4 unspecified atom stereocenters. The standard InChI is InChI=1S/C16H16ClNO3/c17-11-2-1-3-12(8-11)18-15(19)13-9-4-6-10(7-5-9)14(13)16(20)21/h1-4,6,8-10,13-14H,5,7H2,(H,18,19)(H,20,21). The molecule has 0 aromatic heterocycles. The van der Waals surface area contributed by atoms with Gasteiger partial charge in [-0.15, -0.1) is 0 Å². The number of anilines is 1. The molecule has 0 spiro atoms. The predicted octanol–water partition coefficient (Wildman–Crippen LogP) is 3.19. The molecule has 2 N–H and O–H groups in total. The number of carboxylic acids is 1. The van der Waals surface area contributed by atoms with Gasteiger partial charge in [0.15, 0.2) is 0 Å². The molecule has 4 rings (SSSR count). The number of carbonyl (C=O) groups is 2. The maximum atomic E-state index is 12.5. The van der Waals surface area contributed by atoms with Crippen molar-refractivity contribution in [2.24, 2.45) is 23.7 Å².